The molecule has 4 N–H and O–H groups in total. The first-order chi connectivity index (χ1) is 16.0. The monoisotopic (exact) mass is 446 g/mol. The predicted octanol–water partition coefficient (Wildman–Crippen LogP) is 5.05. The topological polar surface area (TPSA) is 102 Å². The summed E-state index contributed by atoms with van der Waals surface area (Å²) >= 11 is 0. The van der Waals surface area contributed by atoms with E-state index in [0.717, 1.165) is 34.4 Å². The Labute approximate surface area is 190 Å². The standard InChI is InChI=1S/C26H23FN2O4/c27-17-13-16(24(28)22(14-17)25(30)31)7-5-6-12-29-26(32)33-15-23-20-10-3-1-8-18(20)19-9-2-4-11-21(19)23/h1-5,7-11,13-14,23H,6,12,15,28H2,(H,29,32)(H,30,31). The quantitative estimate of drug-likeness (QED) is 0.348. The van der Waals surface area contributed by atoms with E-state index in [1.807, 2.05) is 24.3 Å². The van der Waals surface area contributed by atoms with Gasteiger partial charge >= 0.3 is 12.1 Å². The van der Waals surface area contributed by atoms with Crippen molar-refractivity contribution in [2.45, 2.75) is 12.3 Å². The second-order valence-electron chi connectivity index (χ2n) is 7.70. The highest BCUT2D eigenvalue weighted by Crippen LogP contribution is 2.44. The molecule has 3 aromatic rings. The third-order valence-electron chi connectivity index (χ3n) is 5.63. The van der Waals surface area contributed by atoms with Crippen LogP contribution in [-0.4, -0.2) is 30.3 Å². The van der Waals surface area contributed by atoms with Crippen LogP contribution in [0.15, 0.2) is 66.7 Å². The van der Waals surface area contributed by atoms with Crippen molar-refractivity contribution >= 4 is 23.8 Å². The number of carbonyl (C=O) groups is 2. The summed E-state index contributed by atoms with van der Waals surface area (Å²) in [5.74, 6) is -1.99. The number of benzene rings is 3. The zero-order valence-corrected chi connectivity index (χ0v) is 17.8. The highest BCUT2D eigenvalue weighted by molar-refractivity contribution is 5.95. The number of hydrogen-bond donors (Lipinski definition) is 3. The first-order valence-electron chi connectivity index (χ1n) is 10.5. The van der Waals surface area contributed by atoms with Gasteiger partial charge in [-0.15, -0.1) is 0 Å². The lowest BCUT2D eigenvalue weighted by Crippen LogP contribution is -2.26. The molecule has 1 aliphatic rings. The van der Waals surface area contributed by atoms with E-state index in [-0.39, 0.29) is 29.3 Å². The van der Waals surface area contributed by atoms with Crippen LogP contribution in [-0.2, 0) is 4.74 Å². The second kappa shape index (κ2) is 9.56. The number of carboxylic acids is 1. The molecular weight excluding hydrogens is 423 g/mol. The number of hydrogen-bond acceptors (Lipinski definition) is 4. The molecule has 7 heteroatoms. The maximum atomic E-state index is 13.6. The van der Waals surface area contributed by atoms with E-state index in [1.165, 1.54) is 6.08 Å². The maximum Gasteiger partial charge on any atom is 0.407 e. The van der Waals surface area contributed by atoms with Crippen molar-refractivity contribution < 1.29 is 23.8 Å². The number of carboxylic acid groups (broad SMARTS) is 1. The summed E-state index contributed by atoms with van der Waals surface area (Å²) in [6.07, 6.45) is 3.12. The number of anilines is 1. The average Bonchev–Trinajstić information content (AvgIpc) is 3.13. The molecule has 3 aromatic carbocycles. The fourth-order valence-electron chi connectivity index (χ4n) is 4.07. The summed E-state index contributed by atoms with van der Waals surface area (Å²) in [4.78, 5) is 23.3. The molecule has 0 radical (unpaired) electrons. The third-order valence-corrected chi connectivity index (χ3v) is 5.63. The van der Waals surface area contributed by atoms with Crippen LogP contribution < -0.4 is 11.1 Å². The number of alkyl carbamates (subject to hydrolysis) is 1. The van der Waals surface area contributed by atoms with Crippen LogP contribution in [0.5, 0.6) is 0 Å². The molecule has 168 valence electrons. The Morgan fingerprint density at radius 2 is 1.70 bits per heavy atom. The van der Waals surface area contributed by atoms with Crippen LogP contribution in [0.3, 0.4) is 0 Å². The number of nitrogens with one attached hydrogen (secondary N) is 1. The molecule has 0 aliphatic heterocycles. The van der Waals surface area contributed by atoms with E-state index in [9.17, 15) is 14.0 Å². The molecular formula is C26H23FN2O4. The Bertz CT molecular complexity index is 1190. The van der Waals surface area contributed by atoms with Gasteiger partial charge in [-0.25, -0.2) is 14.0 Å². The summed E-state index contributed by atoms with van der Waals surface area (Å²) in [5.41, 5.74) is 10.4. The molecule has 6 nitrogen and oxygen atoms in total. The molecule has 0 bridgehead atoms. The number of carbonyl (C=O) groups excluding carboxylic acids is 1. The molecule has 0 saturated carbocycles. The molecule has 0 heterocycles. The molecule has 0 aromatic heterocycles. The van der Waals surface area contributed by atoms with Crippen molar-refractivity contribution in [3.8, 4) is 11.1 Å². The first-order valence-corrected chi connectivity index (χ1v) is 10.5. The van der Waals surface area contributed by atoms with Gasteiger partial charge in [0.05, 0.1) is 11.3 Å². The Morgan fingerprint density at radius 1 is 1.06 bits per heavy atom. The first kappa shape index (κ1) is 22.1. The highest BCUT2D eigenvalue weighted by atomic mass is 19.1. The summed E-state index contributed by atoms with van der Waals surface area (Å²) in [6, 6.07) is 18.3. The van der Waals surface area contributed by atoms with Gasteiger partial charge in [-0.05, 0) is 40.8 Å². The van der Waals surface area contributed by atoms with Crippen LogP contribution >= 0.6 is 0 Å². The number of rotatable bonds is 7. The predicted molar refractivity (Wildman–Crippen MR) is 124 cm³/mol. The van der Waals surface area contributed by atoms with E-state index in [2.05, 4.69) is 29.6 Å². The summed E-state index contributed by atoms with van der Waals surface area (Å²) in [5, 5.41) is 11.8. The molecule has 4 rings (SSSR count). The molecule has 0 unspecified atom stereocenters. The number of nitrogens with two attached hydrogens (primary N) is 1. The van der Waals surface area contributed by atoms with Crippen molar-refractivity contribution in [1.29, 1.82) is 0 Å². The number of aromatic carboxylic acids is 1. The fourth-order valence-corrected chi connectivity index (χ4v) is 4.07. The normalized spacial score (nSPS) is 12.4. The summed E-state index contributed by atoms with van der Waals surface area (Å²) in [7, 11) is 0. The van der Waals surface area contributed by atoms with Crippen molar-refractivity contribution in [3.63, 3.8) is 0 Å². The van der Waals surface area contributed by atoms with Crippen molar-refractivity contribution in [1.82, 2.24) is 5.32 Å². The average molecular weight is 446 g/mol. The molecule has 1 amide bonds. The molecule has 0 saturated heterocycles. The number of halogens is 1. The molecule has 0 fully saturated rings. The van der Waals surface area contributed by atoms with Gasteiger partial charge in [0.2, 0.25) is 0 Å². The zero-order valence-electron chi connectivity index (χ0n) is 17.8. The van der Waals surface area contributed by atoms with Crippen LogP contribution in [0, 0.1) is 5.82 Å². The molecule has 0 atom stereocenters. The van der Waals surface area contributed by atoms with Crippen molar-refractivity contribution in [2.75, 3.05) is 18.9 Å². The van der Waals surface area contributed by atoms with E-state index < -0.39 is 17.9 Å². The maximum absolute atomic E-state index is 13.6. The van der Waals surface area contributed by atoms with Gasteiger partial charge in [0.1, 0.15) is 12.4 Å². The zero-order chi connectivity index (χ0) is 23.4. The van der Waals surface area contributed by atoms with Gasteiger partial charge in [0.15, 0.2) is 0 Å². The van der Waals surface area contributed by atoms with Gasteiger partial charge in [-0.3, -0.25) is 0 Å². The molecule has 0 spiro atoms. The summed E-state index contributed by atoms with van der Waals surface area (Å²) < 4.78 is 19.1. The highest BCUT2D eigenvalue weighted by Gasteiger charge is 2.28. The van der Waals surface area contributed by atoms with Gasteiger partial charge in [0.25, 0.3) is 0 Å². The minimum Gasteiger partial charge on any atom is -0.478 e. The van der Waals surface area contributed by atoms with Gasteiger partial charge in [0, 0.05) is 18.0 Å². The van der Waals surface area contributed by atoms with Gasteiger partial charge < -0.3 is 20.9 Å². The van der Waals surface area contributed by atoms with Crippen LogP contribution in [0.4, 0.5) is 14.9 Å². The Kier molecular flexibility index (Phi) is 6.40. The lowest BCUT2D eigenvalue weighted by atomic mass is 9.98. The van der Waals surface area contributed by atoms with Gasteiger partial charge in [-0.1, -0.05) is 60.7 Å². The lowest BCUT2D eigenvalue weighted by molar-refractivity contribution is 0.0697. The Morgan fingerprint density at radius 3 is 2.33 bits per heavy atom. The van der Waals surface area contributed by atoms with E-state index in [0.29, 0.717) is 13.0 Å². The SMILES string of the molecule is Nc1c(C=CCCNC(=O)OCC2c3ccccc3-c3ccccc32)cc(F)cc1C(=O)O. The van der Waals surface area contributed by atoms with Crippen LogP contribution in [0.2, 0.25) is 0 Å². The third kappa shape index (κ3) is 4.72. The summed E-state index contributed by atoms with van der Waals surface area (Å²) in [6.45, 7) is 0.529. The fraction of sp³-hybridized carbons (Fsp3) is 0.154. The van der Waals surface area contributed by atoms with E-state index >= 15 is 0 Å². The number of fused-ring (bicyclic) bond motifs is 3. The number of ether oxygens (including phenoxy) is 1. The molecule has 33 heavy (non-hydrogen) atoms. The van der Waals surface area contributed by atoms with Crippen LogP contribution in [0.1, 0.15) is 39.4 Å². The lowest BCUT2D eigenvalue weighted by Gasteiger charge is -2.14. The van der Waals surface area contributed by atoms with Crippen molar-refractivity contribution in [3.05, 3.63) is 94.8 Å². The molecule has 1 aliphatic carbocycles. The Balaban J connectivity index is 1.30. The van der Waals surface area contributed by atoms with Crippen molar-refractivity contribution in [2.24, 2.45) is 0 Å². The van der Waals surface area contributed by atoms with E-state index in [4.69, 9.17) is 15.6 Å². The Hall–Kier alpha value is -4.13. The van der Waals surface area contributed by atoms with Crippen LogP contribution in [0.25, 0.3) is 17.2 Å². The number of amides is 1. The van der Waals surface area contributed by atoms with E-state index in [1.54, 1.807) is 6.08 Å². The van der Waals surface area contributed by atoms with Gasteiger partial charge in [-0.2, -0.15) is 0 Å². The largest absolute Gasteiger partial charge is 0.478 e. The second-order valence-corrected chi connectivity index (χ2v) is 7.70. The smallest absolute Gasteiger partial charge is 0.407 e. The minimum absolute atomic E-state index is 0.00959. The minimum atomic E-state index is -1.29. The number of nitrogen functional groups attached to an aromatic ring is 1.